The van der Waals surface area contributed by atoms with E-state index in [2.05, 4.69) is 53.5 Å². The van der Waals surface area contributed by atoms with E-state index in [9.17, 15) is 4.79 Å². The quantitative estimate of drug-likeness (QED) is 0.368. The van der Waals surface area contributed by atoms with Crippen molar-refractivity contribution in [1.82, 2.24) is 20.9 Å². The van der Waals surface area contributed by atoms with E-state index < -0.39 is 0 Å². The Kier molecular flexibility index (Phi) is 6.69. The Balaban J connectivity index is 1.77. The summed E-state index contributed by atoms with van der Waals surface area (Å²) in [6.07, 6.45) is 2.09. The third kappa shape index (κ3) is 5.68. The number of carbonyl (C=O) groups excluding carboxylic acids is 1. The SMILES string of the molecule is CCNC(=NCCNC(=O)C1CC1)NC1CN(C(C)C)CC1C. The number of likely N-dealkylation sites (tertiary alicyclic amines) is 1. The number of hydrogen-bond acceptors (Lipinski definition) is 3. The summed E-state index contributed by atoms with van der Waals surface area (Å²) in [5, 5.41) is 9.82. The summed E-state index contributed by atoms with van der Waals surface area (Å²) in [6.45, 7) is 13.1. The Morgan fingerprint density at radius 2 is 2.00 bits per heavy atom. The number of rotatable bonds is 7. The van der Waals surface area contributed by atoms with Gasteiger partial charge in [-0.3, -0.25) is 14.7 Å². The Morgan fingerprint density at radius 3 is 2.57 bits per heavy atom. The van der Waals surface area contributed by atoms with Crippen molar-refractivity contribution in [3.05, 3.63) is 0 Å². The normalized spacial score (nSPS) is 25.7. The van der Waals surface area contributed by atoms with Gasteiger partial charge in [-0.1, -0.05) is 6.92 Å². The van der Waals surface area contributed by atoms with E-state index in [-0.39, 0.29) is 11.8 Å². The molecule has 0 aromatic heterocycles. The number of hydrogen-bond donors (Lipinski definition) is 3. The van der Waals surface area contributed by atoms with Crippen LogP contribution in [-0.2, 0) is 4.79 Å². The first-order valence-corrected chi connectivity index (χ1v) is 9.07. The zero-order valence-corrected chi connectivity index (χ0v) is 15.1. The van der Waals surface area contributed by atoms with Gasteiger partial charge in [0.05, 0.1) is 6.54 Å². The van der Waals surface area contributed by atoms with Crippen molar-refractivity contribution in [2.45, 2.75) is 52.6 Å². The Labute approximate surface area is 140 Å². The molecule has 2 rings (SSSR count). The molecule has 1 aliphatic heterocycles. The highest BCUT2D eigenvalue weighted by atomic mass is 16.2. The first-order chi connectivity index (χ1) is 11.0. The number of nitrogens with one attached hydrogen (secondary N) is 3. The zero-order valence-electron chi connectivity index (χ0n) is 15.1. The predicted molar refractivity (Wildman–Crippen MR) is 94.5 cm³/mol. The van der Waals surface area contributed by atoms with Gasteiger partial charge in [-0.2, -0.15) is 0 Å². The van der Waals surface area contributed by atoms with Crippen LogP contribution in [0.1, 0.15) is 40.5 Å². The molecule has 2 unspecified atom stereocenters. The largest absolute Gasteiger partial charge is 0.357 e. The van der Waals surface area contributed by atoms with Crippen molar-refractivity contribution >= 4 is 11.9 Å². The van der Waals surface area contributed by atoms with E-state index in [0.29, 0.717) is 31.1 Å². The van der Waals surface area contributed by atoms with E-state index in [0.717, 1.165) is 38.4 Å². The van der Waals surface area contributed by atoms with E-state index in [1.807, 2.05) is 0 Å². The molecule has 1 heterocycles. The third-order valence-corrected chi connectivity index (χ3v) is 4.67. The van der Waals surface area contributed by atoms with Crippen LogP contribution < -0.4 is 16.0 Å². The van der Waals surface area contributed by atoms with Gasteiger partial charge in [0, 0.05) is 44.2 Å². The molecule has 0 aromatic rings. The highest BCUT2D eigenvalue weighted by molar-refractivity contribution is 5.81. The second kappa shape index (κ2) is 8.52. The van der Waals surface area contributed by atoms with Crippen LogP contribution in [0.15, 0.2) is 4.99 Å². The van der Waals surface area contributed by atoms with Crippen LogP contribution in [0.5, 0.6) is 0 Å². The number of aliphatic imine (C=N–C) groups is 1. The fourth-order valence-corrected chi connectivity index (χ4v) is 2.95. The highest BCUT2D eigenvalue weighted by Gasteiger charge is 2.31. The van der Waals surface area contributed by atoms with Crippen molar-refractivity contribution in [2.75, 3.05) is 32.7 Å². The third-order valence-electron chi connectivity index (χ3n) is 4.67. The maximum absolute atomic E-state index is 11.6. The molecule has 0 radical (unpaired) electrons. The minimum absolute atomic E-state index is 0.190. The van der Waals surface area contributed by atoms with E-state index in [1.54, 1.807) is 0 Å². The summed E-state index contributed by atoms with van der Waals surface area (Å²) in [4.78, 5) is 18.7. The van der Waals surface area contributed by atoms with Gasteiger partial charge in [0.15, 0.2) is 5.96 Å². The maximum atomic E-state index is 11.6. The van der Waals surface area contributed by atoms with Crippen LogP contribution >= 0.6 is 0 Å². The minimum atomic E-state index is 0.190. The molecule has 1 aliphatic carbocycles. The molecule has 1 saturated carbocycles. The van der Waals surface area contributed by atoms with Crippen LogP contribution in [-0.4, -0.2) is 61.6 Å². The van der Waals surface area contributed by atoms with Gasteiger partial charge in [-0.25, -0.2) is 0 Å². The first-order valence-electron chi connectivity index (χ1n) is 9.07. The molecule has 1 amide bonds. The van der Waals surface area contributed by atoms with E-state index in [4.69, 9.17) is 0 Å². The lowest BCUT2D eigenvalue weighted by atomic mass is 10.1. The standard InChI is InChI=1S/C17H33N5O/c1-5-18-17(20-9-8-19-16(23)14-6-7-14)21-15-11-22(12(2)3)10-13(15)4/h12-15H,5-11H2,1-4H3,(H,19,23)(H2,18,20,21). The van der Waals surface area contributed by atoms with Crippen molar-refractivity contribution in [3.8, 4) is 0 Å². The summed E-state index contributed by atoms with van der Waals surface area (Å²) in [6, 6.07) is 1.01. The molecule has 23 heavy (non-hydrogen) atoms. The van der Waals surface area contributed by atoms with Crippen molar-refractivity contribution in [3.63, 3.8) is 0 Å². The molecule has 2 fully saturated rings. The van der Waals surface area contributed by atoms with E-state index >= 15 is 0 Å². The molecule has 132 valence electrons. The summed E-state index contributed by atoms with van der Waals surface area (Å²) in [5.74, 6) is 1.92. The summed E-state index contributed by atoms with van der Waals surface area (Å²) >= 11 is 0. The second-order valence-corrected chi connectivity index (χ2v) is 7.10. The van der Waals surface area contributed by atoms with Crippen molar-refractivity contribution in [1.29, 1.82) is 0 Å². The summed E-state index contributed by atoms with van der Waals surface area (Å²) < 4.78 is 0. The van der Waals surface area contributed by atoms with Gasteiger partial charge in [0.1, 0.15) is 0 Å². The van der Waals surface area contributed by atoms with Crippen LogP contribution in [0.4, 0.5) is 0 Å². The topological polar surface area (TPSA) is 68.8 Å². The van der Waals surface area contributed by atoms with E-state index in [1.165, 1.54) is 0 Å². The molecular weight excluding hydrogens is 290 g/mol. The Hall–Kier alpha value is -1.30. The van der Waals surface area contributed by atoms with Gasteiger partial charge < -0.3 is 16.0 Å². The smallest absolute Gasteiger partial charge is 0.223 e. The zero-order chi connectivity index (χ0) is 16.8. The van der Waals surface area contributed by atoms with Gasteiger partial charge in [0.25, 0.3) is 0 Å². The molecule has 1 saturated heterocycles. The lowest BCUT2D eigenvalue weighted by molar-refractivity contribution is -0.122. The maximum Gasteiger partial charge on any atom is 0.223 e. The monoisotopic (exact) mass is 323 g/mol. The molecular formula is C17H33N5O. The Bertz CT molecular complexity index is 419. The number of guanidine groups is 1. The van der Waals surface area contributed by atoms with Gasteiger partial charge in [-0.05, 0) is 39.5 Å². The van der Waals surface area contributed by atoms with Crippen LogP contribution in [0.3, 0.4) is 0 Å². The molecule has 3 N–H and O–H groups in total. The van der Waals surface area contributed by atoms with Crippen LogP contribution in [0.2, 0.25) is 0 Å². The fourth-order valence-electron chi connectivity index (χ4n) is 2.95. The number of nitrogens with zero attached hydrogens (tertiary/aromatic N) is 2. The lowest BCUT2D eigenvalue weighted by Crippen LogP contribution is -2.47. The van der Waals surface area contributed by atoms with Gasteiger partial charge in [-0.15, -0.1) is 0 Å². The molecule has 0 bridgehead atoms. The highest BCUT2D eigenvalue weighted by Crippen LogP contribution is 2.28. The number of carbonyl (C=O) groups is 1. The number of amides is 1. The van der Waals surface area contributed by atoms with Gasteiger partial charge in [0.2, 0.25) is 5.91 Å². The summed E-state index contributed by atoms with van der Waals surface area (Å²) in [7, 11) is 0. The molecule has 0 spiro atoms. The average molecular weight is 323 g/mol. The summed E-state index contributed by atoms with van der Waals surface area (Å²) in [5.41, 5.74) is 0. The molecule has 6 heteroatoms. The van der Waals surface area contributed by atoms with Crippen molar-refractivity contribution in [2.24, 2.45) is 16.8 Å². The van der Waals surface area contributed by atoms with Crippen LogP contribution in [0.25, 0.3) is 0 Å². The average Bonchev–Trinajstić information content (AvgIpc) is 3.28. The first kappa shape index (κ1) is 18.0. The predicted octanol–water partition coefficient (Wildman–Crippen LogP) is 0.796. The minimum Gasteiger partial charge on any atom is -0.357 e. The Morgan fingerprint density at radius 1 is 1.26 bits per heavy atom. The van der Waals surface area contributed by atoms with Crippen LogP contribution in [0, 0.1) is 11.8 Å². The van der Waals surface area contributed by atoms with Gasteiger partial charge >= 0.3 is 0 Å². The van der Waals surface area contributed by atoms with Crippen molar-refractivity contribution < 1.29 is 4.79 Å². The molecule has 6 nitrogen and oxygen atoms in total. The lowest BCUT2D eigenvalue weighted by Gasteiger charge is -2.22. The molecule has 0 aromatic carbocycles. The second-order valence-electron chi connectivity index (χ2n) is 7.10. The fraction of sp³-hybridized carbons (Fsp3) is 0.882. The molecule has 2 aliphatic rings. The molecule has 2 atom stereocenters.